The summed E-state index contributed by atoms with van der Waals surface area (Å²) >= 11 is 0. The highest BCUT2D eigenvalue weighted by molar-refractivity contribution is 5.97. The molecule has 2 aliphatic rings. The number of fused-ring (bicyclic) bond motifs is 1. The summed E-state index contributed by atoms with van der Waals surface area (Å²) in [4.78, 5) is 23.6. The van der Waals surface area contributed by atoms with Crippen molar-refractivity contribution in [1.82, 2.24) is 5.32 Å². The molecule has 3 N–H and O–H groups in total. The summed E-state index contributed by atoms with van der Waals surface area (Å²) in [6, 6.07) is 5.74. The third kappa shape index (κ3) is 3.74. The molecule has 2 aliphatic heterocycles. The third-order valence-electron chi connectivity index (χ3n) is 3.98. The van der Waals surface area contributed by atoms with Crippen molar-refractivity contribution in [3.63, 3.8) is 0 Å². The molecule has 5 nitrogen and oxygen atoms in total. The van der Waals surface area contributed by atoms with Gasteiger partial charge in [0.25, 0.3) is 0 Å². The van der Waals surface area contributed by atoms with Crippen molar-refractivity contribution in [3.05, 3.63) is 23.8 Å². The Morgan fingerprint density at radius 3 is 2.71 bits per heavy atom. The van der Waals surface area contributed by atoms with E-state index in [-0.39, 0.29) is 30.1 Å². The molecule has 3 rings (SSSR count). The number of aryl methyl sites for hydroxylation is 1. The van der Waals surface area contributed by atoms with Crippen LogP contribution < -0.4 is 16.0 Å². The second-order valence-electron chi connectivity index (χ2n) is 5.43. The van der Waals surface area contributed by atoms with Crippen molar-refractivity contribution in [2.24, 2.45) is 5.92 Å². The number of hydrogen-bond acceptors (Lipinski definition) is 3. The number of benzene rings is 1. The standard InChI is InChI=1S/C15H19N3O2.ClH/c19-14-4-2-10-1-3-12(9-13(10)18-14)17-15(20)11-5-7-16-8-6-11;/h1,3,9,11,16H,2,4-8H2,(H,17,20)(H,18,19);1H. The van der Waals surface area contributed by atoms with E-state index in [2.05, 4.69) is 16.0 Å². The lowest BCUT2D eigenvalue weighted by Gasteiger charge is -2.22. The van der Waals surface area contributed by atoms with Crippen LogP contribution in [0.4, 0.5) is 11.4 Å². The Kier molecular flexibility index (Phi) is 5.20. The Labute approximate surface area is 130 Å². The molecule has 0 bridgehead atoms. The van der Waals surface area contributed by atoms with Gasteiger partial charge in [-0.2, -0.15) is 0 Å². The van der Waals surface area contributed by atoms with Gasteiger partial charge in [0.15, 0.2) is 0 Å². The average molecular weight is 310 g/mol. The molecule has 1 saturated heterocycles. The summed E-state index contributed by atoms with van der Waals surface area (Å²) in [6.45, 7) is 1.80. The molecule has 0 unspecified atom stereocenters. The van der Waals surface area contributed by atoms with Crippen LogP contribution in [0, 0.1) is 5.92 Å². The molecular formula is C15H20ClN3O2. The molecule has 114 valence electrons. The topological polar surface area (TPSA) is 70.2 Å². The minimum Gasteiger partial charge on any atom is -0.326 e. The zero-order chi connectivity index (χ0) is 13.9. The smallest absolute Gasteiger partial charge is 0.227 e. The highest BCUT2D eigenvalue weighted by atomic mass is 35.5. The van der Waals surface area contributed by atoms with Crippen LogP contribution in [0.3, 0.4) is 0 Å². The van der Waals surface area contributed by atoms with E-state index >= 15 is 0 Å². The van der Waals surface area contributed by atoms with E-state index < -0.39 is 0 Å². The maximum Gasteiger partial charge on any atom is 0.227 e. The number of halogens is 1. The van der Waals surface area contributed by atoms with Crippen molar-refractivity contribution >= 4 is 35.6 Å². The molecule has 2 heterocycles. The van der Waals surface area contributed by atoms with Gasteiger partial charge in [0.05, 0.1) is 0 Å². The van der Waals surface area contributed by atoms with E-state index in [1.807, 2.05) is 18.2 Å². The van der Waals surface area contributed by atoms with Gasteiger partial charge in [0.1, 0.15) is 0 Å². The molecule has 0 spiro atoms. The lowest BCUT2D eigenvalue weighted by molar-refractivity contribution is -0.120. The minimum absolute atomic E-state index is 0. The van der Waals surface area contributed by atoms with Gasteiger partial charge in [0, 0.05) is 23.7 Å². The quantitative estimate of drug-likeness (QED) is 0.782. The monoisotopic (exact) mass is 309 g/mol. The van der Waals surface area contributed by atoms with Gasteiger partial charge in [0.2, 0.25) is 11.8 Å². The molecule has 1 aromatic rings. The van der Waals surface area contributed by atoms with E-state index in [1.54, 1.807) is 0 Å². The van der Waals surface area contributed by atoms with Crippen LogP contribution in [-0.4, -0.2) is 24.9 Å². The SMILES string of the molecule is Cl.O=C1CCc2ccc(NC(=O)C3CCNCC3)cc2N1. The number of amides is 2. The number of anilines is 2. The zero-order valence-electron chi connectivity index (χ0n) is 11.8. The number of hydrogen-bond donors (Lipinski definition) is 3. The van der Waals surface area contributed by atoms with Gasteiger partial charge in [-0.05, 0) is 50.0 Å². The highest BCUT2D eigenvalue weighted by Gasteiger charge is 2.21. The molecule has 1 aromatic carbocycles. The highest BCUT2D eigenvalue weighted by Crippen LogP contribution is 2.26. The molecule has 2 amide bonds. The fourth-order valence-corrected chi connectivity index (χ4v) is 2.78. The fourth-order valence-electron chi connectivity index (χ4n) is 2.78. The van der Waals surface area contributed by atoms with Crippen molar-refractivity contribution in [3.8, 4) is 0 Å². The summed E-state index contributed by atoms with van der Waals surface area (Å²) in [5.41, 5.74) is 2.71. The molecule has 0 atom stereocenters. The molecule has 0 aromatic heterocycles. The summed E-state index contributed by atoms with van der Waals surface area (Å²) in [6.07, 6.45) is 3.07. The van der Waals surface area contributed by atoms with E-state index in [0.717, 1.165) is 49.3 Å². The van der Waals surface area contributed by atoms with E-state index in [0.29, 0.717) is 6.42 Å². The maximum absolute atomic E-state index is 12.2. The molecule has 0 radical (unpaired) electrons. The number of carbonyl (C=O) groups excluding carboxylic acids is 2. The first-order chi connectivity index (χ1) is 9.72. The molecule has 1 fully saturated rings. The summed E-state index contributed by atoms with van der Waals surface area (Å²) in [7, 11) is 0. The normalized spacial score (nSPS) is 18.2. The van der Waals surface area contributed by atoms with Crippen LogP contribution in [0.15, 0.2) is 18.2 Å². The molecule has 21 heavy (non-hydrogen) atoms. The maximum atomic E-state index is 12.2. The van der Waals surface area contributed by atoms with Crippen LogP contribution in [0.1, 0.15) is 24.8 Å². The average Bonchev–Trinajstić information content (AvgIpc) is 2.47. The van der Waals surface area contributed by atoms with Gasteiger partial charge < -0.3 is 16.0 Å². The van der Waals surface area contributed by atoms with Crippen LogP contribution in [0.25, 0.3) is 0 Å². The van der Waals surface area contributed by atoms with E-state index in [4.69, 9.17) is 0 Å². The first-order valence-corrected chi connectivity index (χ1v) is 7.17. The summed E-state index contributed by atoms with van der Waals surface area (Å²) < 4.78 is 0. The number of piperidine rings is 1. The number of carbonyl (C=O) groups is 2. The molecule has 0 saturated carbocycles. The fraction of sp³-hybridized carbons (Fsp3) is 0.467. The zero-order valence-corrected chi connectivity index (χ0v) is 12.6. The lowest BCUT2D eigenvalue weighted by Crippen LogP contribution is -2.34. The van der Waals surface area contributed by atoms with Crippen LogP contribution >= 0.6 is 12.4 Å². The largest absolute Gasteiger partial charge is 0.326 e. The van der Waals surface area contributed by atoms with Crippen LogP contribution in [-0.2, 0) is 16.0 Å². The predicted molar refractivity (Wildman–Crippen MR) is 84.9 cm³/mol. The van der Waals surface area contributed by atoms with Gasteiger partial charge in [-0.3, -0.25) is 9.59 Å². The first kappa shape index (κ1) is 15.8. The Morgan fingerprint density at radius 1 is 1.19 bits per heavy atom. The van der Waals surface area contributed by atoms with E-state index in [9.17, 15) is 9.59 Å². The second-order valence-corrected chi connectivity index (χ2v) is 5.43. The number of nitrogens with one attached hydrogen (secondary N) is 3. The molecular weight excluding hydrogens is 290 g/mol. The molecule has 0 aliphatic carbocycles. The van der Waals surface area contributed by atoms with Gasteiger partial charge >= 0.3 is 0 Å². The second kappa shape index (κ2) is 6.91. The van der Waals surface area contributed by atoms with E-state index in [1.165, 1.54) is 0 Å². The van der Waals surface area contributed by atoms with Gasteiger partial charge in [-0.1, -0.05) is 6.07 Å². The minimum atomic E-state index is 0. The van der Waals surface area contributed by atoms with Gasteiger partial charge in [-0.25, -0.2) is 0 Å². The van der Waals surface area contributed by atoms with Crippen molar-refractivity contribution < 1.29 is 9.59 Å². The third-order valence-corrected chi connectivity index (χ3v) is 3.98. The first-order valence-electron chi connectivity index (χ1n) is 7.17. The van der Waals surface area contributed by atoms with Gasteiger partial charge in [-0.15, -0.1) is 12.4 Å². The summed E-state index contributed by atoms with van der Waals surface area (Å²) in [5, 5.41) is 9.06. The Hall–Kier alpha value is -1.59. The van der Waals surface area contributed by atoms with Crippen LogP contribution in [0.5, 0.6) is 0 Å². The van der Waals surface area contributed by atoms with Crippen LogP contribution in [0.2, 0.25) is 0 Å². The molecule has 6 heteroatoms. The Balaban J connectivity index is 0.00000161. The Morgan fingerprint density at radius 2 is 1.95 bits per heavy atom. The summed E-state index contributed by atoms with van der Waals surface area (Å²) in [5.74, 6) is 0.204. The van der Waals surface area contributed by atoms with Crippen molar-refractivity contribution in [2.45, 2.75) is 25.7 Å². The lowest BCUT2D eigenvalue weighted by atomic mass is 9.97. The Bertz CT molecular complexity index is 542. The number of rotatable bonds is 2. The van der Waals surface area contributed by atoms with Crippen molar-refractivity contribution in [1.29, 1.82) is 0 Å². The predicted octanol–water partition coefficient (Wildman–Crippen LogP) is 1.93. The van der Waals surface area contributed by atoms with Crippen molar-refractivity contribution in [2.75, 3.05) is 23.7 Å².